The number of nitrogens with two attached hydrogens (primary N) is 1. The Labute approximate surface area is 119 Å². The smallest absolute Gasteiger partial charge is 0.265 e. The summed E-state index contributed by atoms with van der Waals surface area (Å²) in [5, 5.41) is 3.49. The molecule has 3 nitrogen and oxygen atoms in total. The highest BCUT2D eigenvalue weighted by Gasteiger charge is 2.14. The number of rotatable bonds is 2. The molecule has 0 spiro atoms. The second-order valence-corrected chi connectivity index (χ2v) is 5.74. The Kier molecular flexibility index (Phi) is 3.80. The number of thiophene rings is 1. The Morgan fingerprint density at radius 1 is 1.33 bits per heavy atom. The first kappa shape index (κ1) is 13.2. The molecule has 1 amide bonds. The average molecular weight is 301 g/mol. The number of anilines is 2. The minimum Gasteiger partial charge on any atom is -0.398 e. The van der Waals surface area contributed by atoms with Gasteiger partial charge in [-0.15, -0.1) is 11.3 Å². The molecular weight excluding hydrogens is 291 g/mol. The normalized spacial score (nSPS) is 10.4. The summed E-state index contributed by atoms with van der Waals surface area (Å²) < 4.78 is 0. The lowest BCUT2D eigenvalue weighted by molar-refractivity contribution is 0.103. The highest BCUT2D eigenvalue weighted by molar-refractivity contribution is 7.14. The second-order valence-electron chi connectivity index (χ2n) is 3.67. The summed E-state index contributed by atoms with van der Waals surface area (Å²) in [4.78, 5) is 13.4. The number of amides is 1. The third-order valence-electron chi connectivity index (χ3n) is 2.38. The zero-order valence-corrected chi connectivity index (χ0v) is 11.8. The van der Waals surface area contributed by atoms with Gasteiger partial charge >= 0.3 is 0 Å². The van der Waals surface area contributed by atoms with Gasteiger partial charge in [-0.25, -0.2) is 0 Å². The molecule has 3 N–H and O–H groups in total. The van der Waals surface area contributed by atoms with Crippen molar-refractivity contribution in [3.63, 3.8) is 0 Å². The third-order valence-corrected chi connectivity index (χ3v) is 4.08. The Morgan fingerprint density at radius 2 is 1.94 bits per heavy atom. The number of nitrogen functional groups attached to an aromatic ring is 1. The van der Waals surface area contributed by atoms with Crippen LogP contribution in [-0.4, -0.2) is 5.91 Å². The van der Waals surface area contributed by atoms with E-state index in [0.717, 1.165) is 4.88 Å². The highest BCUT2D eigenvalue weighted by Crippen LogP contribution is 2.31. The van der Waals surface area contributed by atoms with E-state index in [-0.39, 0.29) is 5.91 Å². The van der Waals surface area contributed by atoms with Crippen LogP contribution in [0.1, 0.15) is 14.5 Å². The van der Waals surface area contributed by atoms with Crippen LogP contribution in [0.5, 0.6) is 0 Å². The lowest BCUT2D eigenvalue weighted by Crippen LogP contribution is -2.10. The summed E-state index contributed by atoms with van der Waals surface area (Å²) in [6, 6.07) is 6.68. The van der Waals surface area contributed by atoms with Crippen molar-refractivity contribution in [2.45, 2.75) is 6.92 Å². The maximum Gasteiger partial charge on any atom is 0.265 e. The van der Waals surface area contributed by atoms with E-state index in [1.54, 1.807) is 24.3 Å². The summed E-state index contributed by atoms with van der Waals surface area (Å²) >= 11 is 13.3. The summed E-state index contributed by atoms with van der Waals surface area (Å²) in [7, 11) is 0. The van der Waals surface area contributed by atoms with Crippen molar-refractivity contribution in [3.05, 3.63) is 44.1 Å². The van der Waals surface area contributed by atoms with Crippen LogP contribution in [0.15, 0.2) is 24.3 Å². The van der Waals surface area contributed by atoms with E-state index >= 15 is 0 Å². The van der Waals surface area contributed by atoms with E-state index in [0.29, 0.717) is 26.3 Å². The maximum absolute atomic E-state index is 12.0. The molecular formula is C12H10Cl2N2OS. The van der Waals surface area contributed by atoms with Crippen LogP contribution in [0.4, 0.5) is 11.4 Å². The van der Waals surface area contributed by atoms with Gasteiger partial charge in [0.2, 0.25) is 0 Å². The fourth-order valence-corrected chi connectivity index (χ4v) is 2.73. The molecule has 0 atom stereocenters. The molecule has 94 valence electrons. The molecule has 0 unspecified atom stereocenters. The zero-order chi connectivity index (χ0) is 13.3. The van der Waals surface area contributed by atoms with Crippen molar-refractivity contribution in [2.24, 2.45) is 0 Å². The van der Waals surface area contributed by atoms with E-state index in [1.165, 1.54) is 11.3 Å². The second kappa shape index (κ2) is 5.18. The number of nitrogens with one attached hydrogen (secondary N) is 1. The number of carbonyl (C=O) groups excluding carboxylic acids is 1. The van der Waals surface area contributed by atoms with Gasteiger partial charge in [0.1, 0.15) is 0 Å². The summed E-state index contributed by atoms with van der Waals surface area (Å²) in [5.74, 6) is -0.269. The van der Waals surface area contributed by atoms with Crippen LogP contribution < -0.4 is 11.1 Å². The van der Waals surface area contributed by atoms with Gasteiger partial charge in [0.15, 0.2) is 0 Å². The van der Waals surface area contributed by atoms with E-state index in [1.807, 2.05) is 6.92 Å². The van der Waals surface area contributed by atoms with Gasteiger partial charge in [0.05, 0.1) is 20.6 Å². The third kappa shape index (κ3) is 2.61. The zero-order valence-electron chi connectivity index (χ0n) is 9.46. The standard InChI is InChI=1S/C12H10Cl2N2OS/c1-6-9(15)5-10(18-6)12(17)16-11-7(13)3-2-4-8(11)14/h2-5H,15H2,1H3,(H,16,17). The Bertz CT molecular complexity index is 570. The molecule has 2 rings (SSSR count). The number of hydrogen-bond acceptors (Lipinski definition) is 3. The number of para-hydroxylation sites is 1. The first-order chi connectivity index (χ1) is 8.49. The van der Waals surface area contributed by atoms with Crippen molar-refractivity contribution < 1.29 is 4.79 Å². The fraction of sp³-hybridized carbons (Fsp3) is 0.0833. The molecule has 0 aliphatic rings. The molecule has 0 bridgehead atoms. The van der Waals surface area contributed by atoms with E-state index in [4.69, 9.17) is 28.9 Å². The Hall–Kier alpha value is -1.23. The lowest BCUT2D eigenvalue weighted by Gasteiger charge is -2.07. The molecule has 0 saturated heterocycles. The van der Waals surface area contributed by atoms with E-state index in [9.17, 15) is 4.79 Å². The molecule has 1 aromatic carbocycles. The van der Waals surface area contributed by atoms with Crippen LogP contribution in [0.3, 0.4) is 0 Å². The molecule has 6 heteroatoms. The molecule has 0 aliphatic carbocycles. The predicted octanol–water partition coefficient (Wildman–Crippen LogP) is 4.20. The van der Waals surface area contributed by atoms with Crippen LogP contribution in [0, 0.1) is 6.92 Å². The fourth-order valence-electron chi connectivity index (χ4n) is 1.40. The van der Waals surface area contributed by atoms with Crippen molar-refractivity contribution in [1.82, 2.24) is 0 Å². The topological polar surface area (TPSA) is 55.1 Å². The van der Waals surface area contributed by atoms with Crippen molar-refractivity contribution in [1.29, 1.82) is 0 Å². The van der Waals surface area contributed by atoms with Crippen molar-refractivity contribution >= 4 is 51.8 Å². The van der Waals surface area contributed by atoms with Gasteiger partial charge in [0, 0.05) is 10.6 Å². The molecule has 2 aromatic rings. The van der Waals surface area contributed by atoms with E-state index < -0.39 is 0 Å². The van der Waals surface area contributed by atoms with Crippen molar-refractivity contribution in [3.8, 4) is 0 Å². The predicted molar refractivity (Wildman–Crippen MR) is 77.9 cm³/mol. The molecule has 1 aromatic heterocycles. The summed E-state index contributed by atoms with van der Waals surface area (Å²) in [6.07, 6.45) is 0. The minimum absolute atomic E-state index is 0.269. The monoisotopic (exact) mass is 300 g/mol. The van der Waals surface area contributed by atoms with E-state index in [2.05, 4.69) is 5.32 Å². The summed E-state index contributed by atoms with van der Waals surface area (Å²) in [6.45, 7) is 1.86. The van der Waals surface area contributed by atoms with Crippen molar-refractivity contribution in [2.75, 3.05) is 11.1 Å². The number of halogens is 2. The van der Waals surface area contributed by atoms with Crippen LogP contribution >= 0.6 is 34.5 Å². The molecule has 1 heterocycles. The van der Waals surface area contributed by atoms with Gasteiger partial charge in [-0.3, -0.25) is 4.79 Å². The number of carbonyl (C=O) groups is 1. The van der Waals surface area contributed by atoms with Gasteiger partial charge in [-0.2, -0.15) is 0 Å². The Morgan fingerprint density at radius 3 is 2.44 bits per heavy atom. The SMILES string of the molecule is Cc1sc(C(=O)Nc2c(Cl)cccc2Cl)cc1N. The van der Waals surface area contributed by atoms with Gasteiger partial charge in [-0.05, 0) is 25.1 Å². The molecule has 0 fully saturated rings. The van der Waals surface area contributed by atoms with Gasteiger partial charge in [-0.1, -0.05) is 29.3 Å². The molecule has 0 saturated carbocycles. The number of aryl methyl sites for hydroxylation is 1. The molecule has 18 heavy (non-hydrogen) atoms. The highest BCUT2D eigenvalue weighted by atomic mass is 35.5. The van der Waals surface area contributed by atoms with Crippen LogP contribution in [-0.2, 0) is 0 Å². The number of hydrogen-bond donors (Lipinski definition) is 2. The van der Waals surface area contributed by atoms with Gasteiger partial charge < -0.3 is 11.1 Å². The van der Waals surface area contributed by atoms with Crippen LogP contribution in [0.25, 0.3) is 0 Å². The average Bonchev–Trinajstić information content (AvgIpc) is 2.64. The Balaban J connectivity index is 2.27. The summed E-state index contributed by atoms with van der Waals surface area (Å²) in [5.41, 5.74) is 6.73. The molecule has 0 radical (unpaired) electrons. The minimum atomic E-state index is -0.269. The lowest BCUT2D eigenvalue weighted by atomic mass is 10.3. The molecule has 0 aliphatic heterocycles. The van der Waals surface area contributed by atoms with Gasteiger partial charge in [0.25, 0.3) is 5.91 Å². The quantitative estimate of drug-likeness (QED) is 0.873. The maximum atomic E-state index is 12.0. The number of benzene rings is 1. The first-order valence-corrected chi connectivity index (χ1v) is 6.67. The van der Waals surface area contributed by atoms with Crippen LogP contribution in [0.2, 0.25) is 10.0 Å². The largest absolute Gasteiger partial charge is 0.398 e. The first-order valence-electron chi connectivity index (χ1n) is 5.10.